The lowest BCUT2D eigenvalue weighted by Crippen LogP contribution is -2.35. The summed E-state index contributed by atoms with van der Waals surface area (Å²) < 4.78 is 0. The normalized spacial score (nSPS) is 13.9. The van der Waals surface area contributed by atoms with Crippen molar-refractivity contribution in [1.82, 2.24) is 9.88 Å². The van der Waals surface area contributed by atoms with Crippen LogP contribution in [0.15, 0.2) is 36.5 Å². The summed E-state index contributed by atoms with van der Waals surface area (Å²) in [5.74, 6) is -1.72. The fourth-order valence-electron chi connectivity index (χ4n) is 2.89. The molecule has 3 rings (SSSR count). The molecule has 0 aliphatic carbocycles. The largest absolute Gasteiger partial charge is 0.477 e. The second-order valence-electron chi connectivity index (χ2n) is 6.24. The number of amides is 2. The van der Waals surface area contributed by atoms with E-state index in [1.807, 2.05) is 0 Å². The Labute approximate surface area is 161 Å². The van der Waals surface area contributed by atoms with Crippen molar-refractivity contribution in [2.45, 2.75) is 19.3 Å². The third-order valence-corrected chi connectivity index (χ3v) is 4.66. The van der Waals surface area contributed by atoms with E-state index in [-0.39, 0.29) is 22.2 Å². The smallest absolute Gasteiger partial charge is 0.354 e. The molecule has 1 aliphatic rings. The summed E-state index contributed by atoms with van der Waals surface area (Å²) >= 11 is 6.25. The van der Waals surface area contributed by atoms with Gasteiger partial charge in [-0.05, 0) is 49.6 Å². The number of carboxylic acids is 1. The number of nitrogens with zero attached hydrogens (tertiary/aromatic N) is 2. The number of hydrogen-bond acceptors (Lipinski definition) is 4. The number of likely N-dealkylation sites (tertiary alicyclic amines) is 1. The van der Waals surface area contributed by atoms with E-state index in [0.29, 0.717) is 11.3 Å². The third-order valence-electron chi connectivity index (χ3n) is 4.35. The number of aromatic nitrogens is 1. The van der Waals surface area contributed by atoms with E-state index in [2.05, 4.69) is 10.3 Å². The van der Waals surface area contributed by atoms with E-state index in [9.17, 15) is 14.4 Å². The van der Waals surface area contributed by atoms with E-state index in [4.69, 9.17) is 16.7 Å². The highest BCUT2D eigenvalue weighted by molar-refractivity contribution is 6.34. The Bertz CT molecular complexity index is 877. The summed E-state index contributed by atoms with van der Waals surface area (Å²) in [5.41, 5.74) is 0.909. The molecule has 0 bridgehead atoms. The lowest BCUT2D eigenvalue weighted by molar-refractivity contribution is 0.0688. The first-order valence-corrected chi connectivity index (χ1v) is 8.93. The second-order valence-corrected chi connectivity index (χ2v) is 6.65. The predicted octanol–water partition coefficient (Wildman–Crippen LogP) is 3.31. The number of halogens is 1. The van der Waals surface area contributed by atoms with Crippen LogP contribution in [0.1, 0.15) is 50.5 Å². The highest BCUT2D eigenvalue weighted by Crippen LogP contribution is 2.24. The minimum absolute atomic E-state index is 0.106. The van der Waals surface area contributed by atoms with Crippen molar-refractivity contribution in [3.8, 4) is 0 Å². The van der Waals surface area contributed by atoms with E-state index < -0.39 is 11.9 Å². The number of carboxylic acid groups (broad SMARTS) is 1. The molecule has 27 heavy (non-hydrogen) atoms. The molecule has 1 aromatic carbocycles. The van der Waals surface area contributed by atoms with Gasteiger partial charge in [-0.1, -0.05) is 11.6 Å². The van der Waals surface area contributed by atoms with Crippen LogP contribution in [0.5, 0.6) is 0 Å². The van der Waals surface area contributed by atoms with Gasteiger partial charge in [0.15, 0.2) is 0 Å². The topological polar surface area (TPSA) is 99.6 Å². The number of carbonyl (C=O) groups is 3. The van der Waals surface area contributed by atoms with E-state index in [1.54, 1.807) is 17.0 Å². The van der Waals surface area contributed by atoms with Gasteiger partial charge in [-0.2, -0.15) is 0 Å². The number of aromatic carboxylic acids is 1. The highest BCUT2D eigenvalue weighted by atomic mass is 35.5. The lowest BCUT2D eigenvalue weighted by atomic mass is 10.1. The van der Waals surface area contributed by atoms with Crippen LogP contribution >= 0.6 is 11.6 Å². The number of pyridine rings is 1. The molecule has 2 heterocycles. The first-order chi connectivity index (χ1) is 13.0. The molecule has 2 N–H and O–H groups in total. The molecule has 0 saturated carbocycles. The van der Waals surface area contributed by atoms with Gasteiger partial charge in [0.25, 0.3) is 11.8 Å². The van der Waals surface area contributed by atoms with Crippen molar-refractivity contribution in [3.05, 3.63) is 58.4 Å². The molecule has 7 nitrogen and oxygen atoms in total. The number of piperidine rings is 1. The molecule has 0 unspecified atom stereocenters. The maximum atomic E-state index is 12.6. The van der Waals surface area contributed by atoms with Crippen molar-refractivity contribution in [3.63, 3.8) is 0 Å². The minimum atomic E-state index is -1.16. The van der Waals surface area contributed by atoms with Crippen molar-refractivity contribution >= 4 is 35.1 Å². The minimum Gasteiger partial charge on any atom is -0.477 e. The zero-order chi connectivity index (χ0) is 19.4. The van der Waals surface area contributed by atoms with E-state index in [0.717, 1.165) is 32.4 Å². The number of rotatable bonds is 4. The van der Waals surface area contributed by atoms with Crippen LogP contribution in [-0.2, 0) is 0 Å². The molecule has 1 aliphatic heterocycles. The molecule has 1 aromatic heterocycles. The van der Waals surface area contributed by atoms with Gasteiger partial charge in [0.2, 0.25) is 0 Å². The van der Waals surface area contributed by atoms with Crippen molar-refractivity contribution in [1.29, 1.82) is 0 Å². The first-order valence-electron chi connectivity index (χ1n) is 8.55. The zero-order valence-electron chi connectivity index (χ0n) is 14.4. The number of nitrogens with one attached hydrogen (secondary N) is 1. The Kier molecular flexibility index (Phi) is 5.71. The van der Waals surface area contributed by atoms with Crippen LogP contribution in [-0.4, -0.2) is 45.9 Å². The van der Waals surface area contributed by atoms with Gasteiger partial charge in [-0.15, -0.1) is 0 Å². The quantitative estimate of drug-likeness (QED) is 0.838. The first kappa shape index (κ1) is 18.8. The van der Waals surface area contributed by atoms with Gasteiger partial charge in [0.1, 0.15) is 5.69 Å². The Morgan fingerprint density at radius 2 is 1.81 bits per heavy atom. The molecule has 2 aromatic rings. The fourth-order valence-corrected chi connectivity index (χ4v) is 3.15. The van der Waals surface area contributed by atoms with Crippen molar-refractivity contribution in [2.75, 3.05) is 18.4 Å². The molecule has 0 spiro atoms. The third kappa shape index (κ3) is 4.43. The van der Waals surface area contributed by atoms with Crippen LogP contribution < -0.4 is 5.32 Å². The number of benzene rings is 1. The predicted molar refractivity (Wildman–Crippen MR) is 100 cm³/mol. The van der Waals surface area contributed by atoms with Crippen LogP contribution in [0.4, 0.5) is 5.69 Å². The second kappa shape index (κ2) is 8.18. The lowest BCUT2D eigenvalue weighted by Gasteiger charge is -2.27. The summed E-state index contributed by atoms with van der Waals surface area (Å²) in [6.07, 6.45) is 4.30. The summed E-state index contributed by atoms with van der Waals surface area (Å²) in [5, 5.41) is 11.8. The standard InChI is InChI=1S/C19H18ClN3O4/c20-15-10-13(5-6-14(15)18(25)23-8-2-1-3-9-23)22-17(24)12-4-7-16(19(26)27)21-11-12/h4-7,10-11H,1-3,8-9H2,(H,22,24)(H,26,27). The SMILES string of the molecule is O=C(Nc1ccc(C(=O)N2CCCCC2)c(Cl)c1)c1ccc(C(=O)O)nc1. The Hall–Kier alpha value is -2.93. The van der Waals surface area contributed by atoms with Gasteiger partial charge >= 0.3 is 5.97 Å². The Morgan fingerprint density at radius 1 is 1.07 bits per heavy atom. The number of hydrogen-bond donors (Lipinski definition) is 2. The van der Waals surface area contributed by atoms with Gasteiger partial charge < -0.3 is 15.3 Å². The van der Waals surface area contributed by atoms with Crippen LogP contribution in [0.3, 0.4) is 0 Å². The van der Waals surface area contributed by atoms with Crippen LogP contribution in [0.2, 0.25) is 5.02 Å². The van der Waals surface area contributed by atoms with E-state index in [1.165, 1.54) is 24.4 Å². The molecule has 1 saturated heterocycles. The van der Waals surface area contributed by atoms with Crippen molar-refractivity contribution in [2.24, 2.45) is 0 Å². The summed E-state index contributed by atoms with van der Waals surface area (Å²) in [4.78, 5) is 41.1. The van der Waals surface area contributed by atoms with Gasteiger partial charge in [-0.3, -0.25) is 9.59 Å². The summed E-state index contributed by atoms with van der Waals surface area (Å²) in [6.45, 7) is 1.46. The van der Waals surface area contributed by atoms with Crippen LogP contribution in [0.25, 0.3) is 0 Å². The Balaban J connectivity index is 1.70. The maximum absolute atomic E-state index is 12.6. The zero-order valence-corrected chi connectivity index (χ0v) is 15.2. The fraction of sp³-hybridized carbons (Fsp3) is 0.263. The molecule has 0 atom stereocenters. The average Bonchev–Trinajstić information content (AvgIpc) is 2.68. The van der Waals surface area contributed by atoms with Crippen molar-refractivity contribution < 1.29 is 19.5 Å². The highest BCUT2D eigenvalue weighted by Gasteiger charge is 2.20. The van der Waals surface area contributed by atoms with Gasteiger partial charge in [-0.25, -0.2) is 9.78 Å². The molecular formula is C19H18ClN3O4. The number of anilines is 1. The molecule has 0 radical (unpaired) electrons. The molecule has 2 amide bonds. The van der Waals surface area contributed by atoms with Gasteiger partial charge in [0, 0.05) is 25.0 Å². The monoisotopic (exact) mass is 387 g/mol. The van der Waals surface area contributed by atoms with Gasteiger partial charge in [0.05, 0.1) is 16.1 Å². The molecule has 140 valence electrons. The van der Waals surface area contributed by atoms with Crippen LogP contribution in [0, 0.1) is 0 Å². The van der Waals surface area contributed by atoms with E-state index >= 15 is 0 Å². The molecule has 1 fully saturated rings. The Morgan fingerprint density at radius 3 is 2.41 bits per heavy atom. The summed E-state index contributed by atoms with van der Waals surface area (Å²) in [7, 11) is 0. The molecular weight excluding hydrogens is 370 g/mol. The molecule has 8 heteroatoms. The average molecular weight is 388 g/mol. The summed E-state index contributed by atoms with van der Waals surface area (Å²) in [6, 6.07) is 7.36. The number of carbonyl (C=O) groups excluding carboxylic acids is 2. The maximum Gasteiger partial charge on any atom is 0.354 e.